The minimum absolute atomic E-state index is 0.108. The molecule has 200 valence electrons. The molecule has 0 unspecified atom stereocenters. The molecule has 0 bridgehead atoms. The molecule has 0 saturated carbocycles. The molecule has 5 rings (SSSR count). The number of phenolic OH excluding ortho intramolecular Hbond substituents is 1. The Bertz CT molecular complexity index is 1080. The van der Waals surface area contributed by atoms with Crippen LogP contribution in [0.3, 0.4) is 0 Å². The quantitative estimate of drug-likeness (QED) is 0.209. The molecule has 12 nitrogen and oxygen atoms in total. The number of aryl methyl sites for hydroxylation is 1. The van der Waals surface area contributed by atoms with Crippen molar-refractivity contribution in [2.45, 2.75) is 55.9 Å². The molecule has 0 radical (unpaired) electrons. The maximum absolute atomic E-state index is 12.4. The highest BCUT2D eigenvalue weighted by Crippen LogP contribution is 2.49. The smallest absolute Gasteiger partial charge is 0.338 e. The van der Waals surface area contributed by atoms with Crippen LogP contribution in [0.5, 0.6) is 5.75 Å². The summed E-state index contributed by atoms with van der Waals surface area (Å²) in [6.45, 7) is -0.739. The van der Waals surface area contributed by atoms with Gasteiger partial charge in [-0.2, -0.15) is 0 Å². The molecule has 1 aromatic carbocycles. The van der Waals surface area contributed by atoms with E-state index in [0.717, 1.165) is 5.56 Å². The summed E-state index contributed by atoms with van der Waals surface area (Å²) < 4.78 is 27.8. The first kappa shape index (κ1) is 25.6. The van der Waals surface area contributed by atoms with Gasteiger partial charge in [-0.1, -0.05) is 12.1 Å². The highest BCUT2D eigenvalue weighted by Gasteiger charge is 2.56. The van der Waals surface area contributed by atoms with Crippen LogP contribution in [0, 0.1) is 11.8 Å². The molecule has 2 fully saturated rings. The van der Waals surface area contributed by atoms with Crippen molar-refractivity contribution in [3.05, 3.63) is 53.3 Å². The average molecular weight is 520 g/mol. The third-order valence-corrected chi connectivity index (χ3v) is 7.08. The molecule has 5 N–H and O–H groups in total. The molecular weight excluding hydrogens is 492 g/mol. The van der Waals surface area contributed by atoms with E-state index in [0.29, 0.717) is 17.6 Å². The van der Waals surface area contributed by atoms with Crippen LogP contribution in [0.25, 0.3) is 0 Å². The average Bonchev–Trinajstić information content (AvgIpc) is 3.41. The fraction of sp³-hybridized carbons (Fsp3) is 0.520. The maximum atomic E-state index is 12.4. The van der Waals surface area contributed by atoms with Crippen LogP contribution in [0.1, 0.15) is 12.0 Å². The zero-order valence-corrected chi connectivity index (χ0v) is 19.6. The number of aliphatic hydroxyl groups is 4. The molecular formula is C25H28O12. The van der Waals surface area contributed by atoms with Gasteiger partial charge in [0.05, 0.1) is 24.4 Å². The lowest BCUT2D eigenvalue weighted by Gasteiger charge is -2.42. The zero-order chi connectivity index (χ0) is 26.3. The zero-order valence-electron chi connectivity index (χ0n) is 19.6. The molecule has 2 saturated heterocycles. The van der Waals surface area contributed by atoms with E-state index in [1.165, 1.54) is 18.4 Å². The standard InChI is InChI=1S/C25H28O12/c26-8-16-20(29)21(30)22(31)25(36-16)37-24-18-12(7-15-19(18)14(10-34-24)23(32)35-15)9-33-17(28)6-3-11-1-4-13(27)5-2-11/h1-2,4-5,7,10,15-16,18-22,24-27,29-31H,3,6,8-9H2/t15-,16+,18+,19-,20+,21-,22+,24-,25-/m0/s1. The number of phenols is 1. The number of hydrogen-bond donors (Lipinski definition) is 5. The van der Waals surface area contributed by atoms with Gasteiger partial charge in [-0.3, -0.25) is 4.79 Å². The lowest BCUT2D eigenvalue weighted by molar-refractivity contribution is -0.339. The first-order valence-electron chi connectivity index (χ1n) is 11.9. The lowest BCUT2D eigenvalue weighted by Crippen LogP contribution is -2.60. The van der Waals surface area contributed by atoms with E-state index in [-0.39, 0.29) is 18.8 Å². The topological polar surface area (TPSA) is 181 Å². The van der Waals surface area contributed by atoms with Crippen molar-refractivity contribution in [3.63, 3.8) is 0 Å². The largest absolute Gasteiger partial charge is 0.508 e. The molecule has 4 aliphatic rings. The van der Waals surface area contributed by atoms with Crippen molar-refractivity contribution in [2.24, 2.45) is 11.8 Å². The van der Waals surface area contributed by atoms with E-state index in [1.54, 1.807) is 18.2 Å². The molecule has 3 heterocycles. The van der Waals surface area contributed by atoms with Crippen LogP contribution in [-0.2, 0) is 39.7 Å². The van der Waals surface area contributed by atoms with E-state index >= 15 is 0 Å². The second-order valence-corrected chi connectivity index (χ2v) is 9.40. The van der Waals surface area contributed by atoms with Crippen LogP contribution in [0.2, 0.25) is 0 Å². The van der Waals surface area contributed by atoms with Gasteiger partial charge >= 0.3 is 11.9 Å². The number of carbonyl (C=O) groups excluding carboxylic acids is 2. The minimum atomic E-state index is -1.64. The van der Waals surface area contributed by atoms with Gasteiger partial charge in [-0.25, -0.2) is 4.79 Å². The van der Waals surface area contributed by atoms with E-state index in [2.05, 4.69) is 0 Å². The summed E-state index contributed by atoms with van der Waals surface area (Å²) in [5, 5.41) is 49.3. The van der Waals surface area contributed by atoms with E-state index in [4.69, 9.17) is 23.7 Å². The summed E-state index contributed by atoms with van der Waals surface area (Å²) in [7, 11) is 0. The summed E-state index contributed by atoms with van der Waals surface area (Å²) in [4.78, 5) is 24.6. The summed E-state index contributed by atoms with van der Waals surface area (Å²) >= 11 is 0. The summed E-state index contributed by atoms with van der Waals surface area (Å²) in [5.41, 5.74) is 1.74. The Balaban J connectivity index is 1.26. The molecule has 1 aromatic rings. The van der Waals surface area contributed by atoms with Gasteiger partial charge in [0.15, 0.2) is 6.29 Å². The van der Waals surface area contributed by atoms with Gasteiger partial charge in [0.2, 0.25) is 6.29 Å². The molecule has 12 heteroatoms. The molecule has 3 aliphatic heterocycles. The Kier molecular flexibility index (Phi) is 7.21. The van der Waals surface area contributed by atoms with Crippen LogP contribution < -0.4 is 0 Å². The highest BCUT2D eigenvalue weighted by molar-refractivity contribution is 5.92. The van der Waals surface area contributed by atoms with E-state index in [1.807, 2.05) is 0 Å². The minimum Gasteiger partial charge on any atom is -0.508 e. The molecule has 0 aromatic heterocycles. The van der Waals surface area contributed by atoms with Crippen LogP contribution >= 0.6 is 0 Å². The summed E-state index contributed by atoms with van der Waals surface area (Å²) in [6, 6.07) is 6.50. The number of esters is 2. The fourth-order valence-corrected chi connectivity index (χ4v) is 5.08. The highest BCUT2D eigenvalue weighted by atomic mass is 16.8. The van der Waals surface area contributed by atoms with Gasteiger partial charge in [0, 0.05) is 12.3 Å². The first-order chi connectivity index (χ1) is 17.8. The van der Waals surface area contributed by atoms with Crippen LogP contribution in [0.4, 0.5) is 0 Å². The Morgan fingerprint density at radius 1 is 1.00 bits per heavy atom. The lowest BCUT2D eigenvalue weighted by atomic mass is 9.84. The van der Waals surface area contributed by atoms with Crippen molar-refractivity contribution in [1.29, 1.82) is 0 Å². The first-order valence-corrected chi connectivity index (χ1v) is 11.9. The number of rotatable bonds is 8. The predicted octanol–water partition coefficient (Wildman–Crippen LogP) is -0.977. The normalized spacial score (nSPS) is 36.2. The Morgan fingerprint density at radius 2 is 1.76 bits per heavy atom. The number of ether oxygens (including phenoxy) is 5. The number of carbonyl (C=O) groups is 2. The number of aliphatic hydroxyl groups excluding tert-OH is 4. The summed E-state index contributed by atoms with van der Waals surface area (Å²) in [5.74, 6) is -1.96. The van der Waals surface area contributed by atoms with Crippen molar-refractivity contribution < 1.29 is 58.8 Å². The molecule has 37 heavy (non-hydrogen) atoms. The van der Waals surface area contributed by atoms with Gasteiger partial charge in [0.25, 0.3) is 0 Å². The molecule has 1 aliphatic carbocycles. The second-order valence-electron chi connectivity index (χ2n) is 9.40. The molecule has 9 atom stereocenters. The van der Waals surface area contributed by atoms with Crippen molar-refractivity contribution in [1.82, 2.24) is 0 Å². The van der Waals surface area contributed by atoms with Crippen LogP contribution in [0.15, 0.2) is 47.7 Å². The van der Waals surface area contributed by atoms with Gasteiger partial charge in [-0.15, -0.1) is 0 Å². The monoisotopic (exact) mass is 520 g/mol. The number of aromatic hydroxyl groups is 1. The van der Waals surface area contributed by atoms with Crippen LogP contribution in [-0.4, -0.2) is 93.8 Å². The van der Waals surface area contributed by atoms with Gasteiger partial charge in [-0.05, 0) is 35.8 Å². The van der Waals surface area contributed by atoms with Crippen molar-refractivity contribution >= 4 is 11.9 Å². The second kappa shape index (κ2) is 10.4. The Morgan fingerprint density at radius 3 is 2.49 bits per heavy atom. The fourth-order valence-electron chi connectivity index (χ4n) is 5.08. The number of benzene rings is 1. The van der Waals surface area contributed by atoms with E-state index < -0.39 is 73.5 Å². The predicted molar refractivity (Wildman–Crippen MR) is 120 cm³/mol. The third kappa shape index (κ3) is 4.96. The van der Waals surface area contributed by atoms with E-state index in [9.17, 15) is 35.1 Å². The SMILES string of the molecule is O=C(CCc1ccc(O)cc1)OCC1=C[C@@H]2OC(=O)C3=CO[C@@H](O[C@@H]4O[C@H](CO)[C@@H](O)[C@H](O)[C@H]4O)[C@H]1[C@@H]32. The maximum Gasteiger partial charge on any atom is 0.338 e. The van der Waals surface area contributed by atoms with Crippen molar-refractivity contribution in [2.75, 3.05) is 13.2 Å². The van der Waals surface area contributed by atoms with Gasteiger partial charge in [0.1, 0.15) is 42.9 Å². The summed E-state index contributed by atoms with van der Waals surface area (Å²) in [6.07, 6.45) is -5.75. The Labute approximate surface area is 211 Å². The third-order valence-electron chi connectivity index (χ3n) is 7.08. The molecule has 0 spiro atoms. The molecule has 0 amide bonds. The van der Waals surface area contributed by atoms with Gasteiger partial charge < -0.3 is 49.2 Å². The Hall–Kier alpha value is -3.00. The van der Waals surface area contributed by atoms with Crippen molar-refractivity contribution in [3.8, 4) is 5.75 Å². The number of hydrogen-bond acceptors (Lipinski definition) is 12.